The number of nitrogens with zero attached hydrogens (tertiary/aromatic N) is 3. The Labute approximate surface area is 170 Å². The first kappa shape index (κ1) is 18.9. The van der Waals surface area contributed by atoms with Gasteiger partial charge in [-0.15, -0.1) is 0 Å². The van der Waals surface area contributed by atoms with Gasteiger partial charge in [0.15, 0.2) is 5.82 Å². The molecule has 29 heavy (non-hydrogen) atoms. The summed E-state index contributed by atoms with van der Waals surface area (Å²) in [6.07, 6.45) is 3.65. The highest BCUT2D eigenvalue weighted by atomic mass is 16.5. The molecule has 1 N–H and O–H groups in total. The molecule has 1 aromatic heterocycles. The molecule has 4 rings (SSSR count). The molecule has 1 aliphatic rings. The van der Waals surface area contributed by atoms with Crippen LogP contribution in [0.5, 0.6) is 5.75 Å². The minimum absolute atomic E-state index is 0.0196. The molecule has 3 aromatic rings. The van der Waals surface area contributed by atoms with E-state index in [9.17, 15) is 4.79 Å². The largest absolute Gasteiger partial charge is 0.496 e. The number of carbonyl (C=O) groups is 1. The van der Waals surface area contributed by atoms with Crippen LogP contribution in [0.1, 0.15) is 30.1 Å². The number of rotatable bonds is 4. The normalized spacial score (nSPS) is 15.9. The van der Waals surface area contributed by atoms with Gasteiger partial charge in [-0.2, -0.15) is 0 Å². The molecule has 0 saturated carbocycles. The molecule has 0 bridgehead atoms. The molecule has 2 aromatic carbocycles. The molecule has 0 radical (unpaired) electrons. The number of ether oxygens (including phenoxy) is 1. The molecule has 1 aliphatic heterocycles. The number of nitrogens with one attached hydrogen (secondary N) is 1. The third-order valence-electron chi connectivity index (χ3n) is 5.20. The number of likely N-dealkylation sites (tertiary alicyclic amines) is 1. The van der Waals surface area contributed by atoms with E-state index in [1.165, 1.54) is 0 Å². The second-order valence-corrected chi connectivity index (χ2v) is 7.12. The highest BCUT2D eigenvalue weighted by molar-refractivity contribution is 5.90. The maximum absolute atomic E-state index is 12.9. The molecule has 6 nitrogen and oxygen atoms in total. The van der Waals surface area contributed by atoms with E-state index >= 15 is 0 Å². The minimum atomic E-state index is -0.0991. The molecule has 1 saturated heterocycles. The van der Waals surface area contributed by atoms with Crippen LogP contribution in [0.4, 0.5) is 10.5 Å². The van der Waals surface area contributed by atoms with Gasteiger partial charge in [0.2, 0.25) is 0 Å². The van der Waals surface area contributed by atoms with Crippen molar-refractivity contribution in [1.82, 2.24) is 14.9 Å². The van der Waals surface area contributed by atoms with Crippen LogP contribution >= 0.6 is 0 Å². The van der Waals surface area contributed by atoms with Gasteiger partial charge in [-0.3, -0.25) is 0 Å². The summed E-state index contributed by atoms with van der Waals surface area (Å²) in [4.78, 5) is 23.6. The van der Waals surface area contributed by atoms with E-state index < -0.39 is 0 Å². The third-order valence-corrected chi connectivity index (χ3v) is 5.20. The fourth-order valence-electron chi connectivity index (χ4n) is 3.76. The summed E-state index contributed by atoms with van der Waals surface area (Å²) in [5.74, 6) is 1.50. The summed E-state index contributed by atoms with van der Waals surface area (Å²) >= 11 is 0. The molecule has 0 unspecified atom stereocenters. The Kier molecular flexibility index (Phi) is 5.42. The monoisotopic (exact) mass is 388 g/mol. The SMILES string of the molecule is COc1ccccc1[C@H]1CCCN1C(=O)Nc1ccc(-c2nccc(C)n2)cc1. The van der Waals surface area contributed by atoms with Crippen molar-refractivity contribution in [2.75, 3.05) is 19.0 Å². The second-order valence-electron chi connectivity index (χ2n) is 7.12. The van der Waals surface area contributed by atoms with E-state index in [0.717, 1.165) is 47.6 Å². The maximum atomic E-state index is 12.9. The molecule has 148 valence electrons. The zero-order valence-corrected chi connectivity index (χ0v) is 16.6. The Morgan fingerprint density at radius 3 is 2.69 bits per heavy atom. The van der Waals surface area contributed by atoms with Gasteiger partial charge in [-0.05, 0) is 56.2 Å². The van der Waals surface area contributed by atoms with Gasteiger partial charge in [0.25, 0.3) is 0 Å². The molecule has 0 spiro atoms. The fraction of sp³-hybridized carbons (Fsp3) is 0.261. The standard InChI is InChI=1S/C23H24N4O2/c1-16-13-14-24-22(25-16)17-9-11-18(12-10-17)26-23(28)27-15-5-7-20(27)19-6-3-4-8-21(19)29-2/h3-4,6,8-14,20H,5,7,15H2,1-2H3,(H,26,28)/t20-/m1/s1. The van der Waals surface area contributed by atoms with Gasteiger partial charge >= 0.3 is 6.03 Å². The van der Waals surface area contributed by atoms with Gasteiger partial charge in [0.05, 0.1) is 13.2 Å². The lowest BCUT2D eigenvalue weighted by molar-refractivity contribution is 0.206. The van der Waals surface area contributed by atoms with E-state index in [2.05, 4.69) is 15.3 Å². The smallest absolute Gasteiger partial charge is 0.322 e. The summed E-state index contributed by atoms with van der Waals surface area (Å²) in [5.41, 5.74) is 3.63. The number of methoxy groups -OCH3 is 1. The summed E-state index contributed by atoms with van der Waals surface area (Å²) in [7, 11) is 1.66. The second kappa shape index (κ2) is 8.31. The van der Waals surface area contributed by atoms with Gasteiger partial charge in [-0.25, -0.2) is 14.8 Å². The van der Waals surface area contributed by atoms with Crippen LogP contribution in [0.3, 0.4) is 0 Å². The molecule has 6 heteroatoms. The number of anilines is 1. The summed E-state index contributed by atoms with van der Waals surface area (Å²) in [5, 5.41) is 3.02. The van der Waals surface area contributed by atoms with Crippen molar-refractivity contribution in [2.45, 2.75) is 25.8 Å². The van der Waals surface area contributed by atoms with Crippen LogP contribution in [0.25, 0.3) is 11.4 Å². The lowest BCUT2D eigenvalue weighted by atomic mass is 10.0. The highest BCUT2D eigenvalue weighted by Gasteiger charge is 2.31. The summed E-state index contributed by atoms with van der Waals surface area (Å²) in [6.45, 7) is 2.66. The van der Waals surface area contributed by atoms with E-state index in [-0.39, 0.29) is 12.1 Å². The zero-order chi connectivity index (χ0) is 20.2. The fourth-order valence-corrected chi connectivity index (χ4v) is 3.76. The first-order valence-corrected chi connectivity index (χ1v) is 9.76. The van der Waals surface area contributed by atoms with Gasteiger partial charge in [0.1, 0.15) is 5.75 Å². The molecular weight excluding hydrogens is 364 g/mol. The topological polar surface area (TPSA) is 67.3 Å². The number of hydrogen-bond donors (Lipinski definition) is 1. The molecular formula is C23H24N4O2. The van der Waals surface area contributed by atoms with Crippen molar-refractivity contribution in [1.29, 1.82) is 0 Å². The lowest BCUT2D eigenvalue weighted by Crippen LogP contribution is -2.34. The summed E-state index contributed by atoms with van der Waals surface area (Å²) in [6, 6.07) is 17.3. The molecule has 0 aliphatic carbocycles. The Bertz CT molecular complexity index is 1000. The number of benzene rings is 2. The van der Waals surface area contributed by atoms with Crippen molar-refractivity contribution in [3.8, 4) is 17.1 Å². The Balaban J connectivity index is 1.48. The Morgan fingerprint density at radius 2 is 1.93 bits per heavy atom. The zero-order valence-electron chi connectivity index (χ0n) is 16.6. The summed E-state index contributed by atoms with van der Waals surface area (Å²) < 4.78 is 5.50. The molecule has 1 fully saturated rings. The van der Waals surface area contributed by atoms with Crippen molar-refractivity contribution < 1.29 is 9.53 Å². The molecule has 2 heterocycles. The van der Waals surface area contributed by atoms with Crippen LogP contribution in [0, 0.1) is 6.92 Å². The van der Waals surface area contributed by atoms with Crippen LogP contribution in [-0.4, -0.2) is 34.6 Å². The first-order valence-electron chi connectivity index (χ1n) is 9.76. The third kappa shape index (κ3) is 4.06. The Hall–Kier alpha value is -3.41. The van der Waals surface area contributed by atoms with E-state index in [0.29, 0.717) is 5.82 Å². The number of para-hydroxylation sites is 1. The lowest BCUT2D eigenvalue weighted by Gasteiger charge is -2.26. The first-order chi connectivity index (χ1) is 14.2. The average Bonchev–Trinajstić information content (AvgIpc) is 3.24. The van der Waals surface area contributed by atoms with E-state index in [4.69, 9.17) is 4.74 Å². The Morgan fingerprint density at radius 1 is 1.14 bits per heavy atom. The van der Waals surface area contributed by atoms with Crippen LogP contribution in [-0.2, 0) is 0 Å². The average molecular weight is 388 g/mol. The maximum Gasteiger partial charge on any atom is 0.322 e. The van der Waals surface area contributed by atoms with Crippen molar-refractivity contribution >= 4 is 11.7 Å². The van der Waals surface area contributed by atoms with Crippen molar-refractivity contribution in [3.05, 3.63) is 72.1 Å². The van der Waals surface area contributed by atoms with Gasteiger partial charge in [0, 0.05) is 35.2 Å². The minimum Gasteiger partial charge on any atom is -0.496 e. The number of amides is 2. The number of aromatic nitrogens is 2. The van der Waals surface area contributed by atoms with Crippen molar-refractivity contribution in [3.63, 3.8) is 0 Å². The van der Waals surface area contributed by atoms with Gasteiger partial charge in [-0.1, -0.05) is 18.2 Å². The van der Waals surface area contributed by atoms with Crippen LogP contribution in [0.2, 0.25) is 0 Å². The van der Waals surface area contributed by atoms with E-state index in [1.54, 1.807) is 13.3 Å². The highest BCUT2D eigenvalue weighted by Crippen LogP contribution is 2.37. The predicted molar refractivity (Wildman–Crippen MR) is 113 cm³/mol. The molecule has 1 atom stereocenters. The van der Waals surface area contributed by atoms with E-state index in [1.807, 2.05) is 66.4 Å². The van der Waals surface area contributed by atoms with Crippen molar-refractivity contribution in [2.24, 2.45) is 0 Å². The molecule has 2 amide bonds. The number of carbonyl (C=O) groups excluding carboxylic acids is 1. The van der Waals surface area contributed by atoms with Gasteiger partial charge < -0.3 is 15.0 Å². The predicted octanol–water partition coefficient (Wildman–Crippen LogP) is 4.83. The number of urea groups is 1. The number of aryl methyl sites for hydroxylation is 1. The quantitative estimate of drug-likeness (QED) is 0.695. The number of hydrogen-bond acceptors (Lipinski definition) is 4. The van der Waals surface area contributed by atoms with Crippen LogP contribution < -0.4 is 10.1 Å². The van der Waals surface area contributed by atoms with Crippen LogP contribution in [0.15, 0.2) is 60.8 Å².